The maximum atomic E-state index is 13.6. The highest BCUT2D eigenvalue weighted by Gasteiger charge is 2.57. The van der Waals surface area contributed by atoms with Crippen LogP contribution in [-0.4, -0.2) is 44.1 Å². The number of fused-ring (bicyclic) bond motifs is 2. The minimum absolute atomic E-state index is 0.0170. The van der Waals surface area contributed by atoms with Crippen LogP contribution in [0.4, 0.5) is 23.9 Å². The molecule has 1 atom stereocenters. The Bertz CT molecular complexity index is 1610. The number of amides is 2. The van der Waals surface area contributed by atoms with Gasteiger partial charge in [-0.25, -0.2) is 14.6 Å². The van der Waals surface area contributed by atoms with Crippen molar-refractivity contribution >= 4 is 46.6 Å². The highest BCUT2D eigenvalue weighted by Crippen LogP contribution is 2.47. The van der Waals surface area contributed by atoms with Crippen molar-refractivity contribution in [3.8, 4) is 0 Å². The molecule has 194 valence electrons. The lowest BCUT2D eigenvalue weighted by atomic mass is 9.92. The number of H-pyrrole nitrogens is 1. The summed E-state index contributed by atoms with van der Waals surface area (Å²) < 4.78 is 46.0. The van der Waals surface area contributed by atoms with Gasteiger partial charge < -0.3 is 14.8 Å². The van der Waals surface area contributed by atoms with E-state index in [1.807, 2.05) is 0 Å². The van der Waals surface area contributed by atoms with Gasteiger partial charge in [0.05, 0.1) is 17.6 Å². The molecule has 0 aliphatic carbocycles. The number of rotatable bonds is 5. The van der Waals surface area contributed by atoms with Crippen LogP contribution in [0.15, 0.2) is 66.7 Å². The summed E-state index contributed by atoms with van der Waals surface area (Å²) in [4.78, 5) is 44.8. The van der Waals surface area contributed by atoms with Gasteiger partial charge >= 0.3 is 18.2 Å². The van der Waals surface area contributed by atoms with E-state index in [2.05, 4.69) is 15.3 Å². The number of benzene rings is 3. The fourth-order valence-corrected chi connectivity index (χ4v) is 4.66. The van der Waals surface area contributed by atoms with Crippen LogP contribution in [0, 0.1) is 0 Å². The molecule has 1 unspecified atom stereocenters. The molecule has 4 aromatic rings. The predicted molar refractivity (Wildman–Crippen MR) is 128 cm³/mol. The largest absolute Gasteiger partial charge is 0.491 e. The van der Waals surface area contributed by atoms with E-state index in [1.165, 1.54) is 48.5 Å². The average molecular weight is 545 g/mol. The molecule has 38 heavy (non-hydrogen) atoms. The SMILES string of the molecule is O=C(O)Nc1nc2cc(C3(OC(=O)C(F)(F)F)c4ccccc4C(=O)N3Cc3cccc(Cl)c3)ccc2[nH]1. The standard InChI is InChI=1S/C25H16ClF3N4O5/c26-15-5-3-4-13(10-15)12-33-20(34)16-6-1-2-7-17(16)24(33,38-21(35)25(27,28)29)14-8-9-18-19(11-14)31-22(30-18)32-23(36)37/h1-11H,12H2,(H,36,37)(H2,30,31,32). The number of aromatic nitrogens is 2. The molecule has 0 fully saturated rings. The number of imidazole rings is 1. The molecule has 0 saturated carbocycles. The first-order valence-electron chi connectivity index (χ1n) is 11.0. The predicted octanol–water partition coefficient (Wildman–Crippen LogP) is 5.27. The van der Waals surface area contributed by atoms with Crippen molar-refractivity contribution < 1.29 is 37.4 Å². The average Bonchev–Trinajstić information content (AvgIpc) is 3.35. The molecule has 0 saturated heterocycles. The fraction of sp³-hybridized carbons (Fsp3) is 0.120. The van der Waals surface area contributed by atoms with Crippen molar-refractivity contribution in [2.24, 2.45) is 0 Å². The Morgan fingerprint density at radius 1 is 1.11 bits per heavy atom. The van der Waals surface area contributed by atoms with E-state index >= 15 is 0 Å². The lowest BCUT2D eigenvalue weighted by Crippen LogP contribution is -2.49. The summed E-state index contributed by atoms with van der Waals surface area (Å²) in [5.74, 6) is -3.32. The molecule has 2 heterocycles. The van der Waals surface area contributed by atoms with Gasteiger partial charge in [-0.05, 0) is 35.9 Å². The maximum Gasteiger partial charge on any atom is 0.491 e. The van der Waals surface area contributed by atoms with Gasteiger partial charge in [0.25, 0.3) is 5.91 Å². The molecule has 0 spiro atoms. The molecular weight excluding hydrogens is 529 g/mol. The number of nitrogens with zero attached hydrogens (tertiary/aromatic N) is 2. The second kappa shape index (κ2) is 9.06. The highest BCUT2D eigenvalue weighted by atomic mass is 35.5. The number of ether oxygens (including phenoxy) is 1. The molecule has 5 rings (SSSR count). The quantitative estimate of drug-likeness (QED) is 0.294. The molecule has 9 nitrogen and oxygen atoms in total. The number of halogens is 4. The third-order valence-corrected chi connectivity index (χ3v) is 6.18. The van der Waals surface area contributed by atoms with Crippen LogP contribution in [0.3, 0.4) is 0 Å². The highest BCUT2D eigenvalue weighted by molar-refractivity contribution is 6.30. The van der Waals surface area contributed by atoms with E-state index in [-0.39, 0.29) is 34.7 Å². The van der Waals surface area contributed by atoms with E-state index in [1.54, 1.807) is 18.2 Å². The Morgan fingerprint density at radius 3 is 2.58 bits per heavy atom. The van der Waals surface area contributed by atoms with Gasteiger partial charge in [-0.3, -0.25) is 15.0 Å². The first-order valence-corrected chi connectivity index (χ1v) is 11.3. The van der Waals surface area contributed by atoms with E-state index < -0.39 is 29.9 Å². The minimum Gasteiger partial charge on any atom is -0.465 e. The zero-order valence-corrected chi connectivity index (χ0v) is 19.8. The number of nitrogens with one attached hydrogen (secondary N) is 2. The number of alkyl halides is 3. The minimum atomic E-state index is -5.37. The molecule has 0 radical (unpaired) electrons. The summed E-state index contributed by atoms with van der Waals surface area (Å²) >= 11 is 6.09. The normalized spacial score (nSPS) is 16.9. The Hall–Kier alpha value is -4.58. The van der Waals surface area contributed by atoms with E-state index in [9.17, 15) is 27.6 Å². The van der Waals surface area contributed by atoms with Crippen LogP contribution in [0.2, 0.25) is 5.02 Å². The summed E-state index contributed by atoms with van der Waals surface area (Å²) in [6, 6.07) is 16.4. The molecule has 13 heteroatoms. The Kier molecular flexibility index (Phi) is 5.98. The smallest absolute Gasteiger partial charge is 0.465 e. The zero-order valence-electron chi connectivity index (χ0n) is 19.0. The summed E-state index contributed by atoms with van der Waals surface area (Å²) in [5.41, 5.74) is -1.34. The molecule has 0 bridgehead atoms. The van der Waals surface area contributed by atoms with Crippen LogP contribution in [0.1, 0.15) is 27.0 Å². The summed E-state index contributed by atoms with van der Waals surface area (Å²) in [6.07, 6.45) is -6.76. The zero-order chi connectivity index (χ0) is 27.2. The number of hydrogen-bond donors (Lipinski definition) is 3. The molecule has 2 amide bonds. The third kappa shape index (κ3) is 4.28. The lowest BCUT2D eigenvalue weighted by molar-refractivity contribution is -0.222. The number of carboxylic acid groups (broad SMARTS) is 1. The lowest BCUT2D eigenvalue weighted by Gasteiger charge is -2.39. The molecule has 1 aliphatic heterocycles. The Morgan fingerprint density at radius 2 is 1.87 bits per heavy atom. The molecule has 3 aromatic carbocycles. The van der Waals surface area contributed by atoms with Crippen molar-refractivity contribution in [2.45, 2.75) is 18.4 Å². The van der Waals surface area contributed by atoms with Crippen LogP contribution in [0.25, 0.3) is 11.0 Å². The number of aromatic amines is 1. The molecule has 3 N–H and O–H groups in total. The van der Waals surface area contributed by atoms with Gasteiger partial charge in [0, 0.05) is 21.7 Å². The second-order valence-corrected chi connectivity index (χ2v) is 8.78. The van der Waals surface area contributed by atoms with Gasteiger partial charge in [-0.2, -0.15) is 13.2 Å². The number of carbonyl (C=O) groups is 3. The van der Waals surface area contributed by atoms with Crippen LogP contribution >= 0.6 is 11.6 Å². The molecule has 1 aromatic heterocycles. The monoisotopic (exact) mass is 544 g/mol. The van der Waals surface area contributed by atoms with E-state index in [0.29, 0.717) is 16.1 Å². The van der Waals surface area contributed by atoms with Crippen molar-refractivity contribution in [2.75, 3.05) is 5.32 Å². The summed E-state index contributed by atoms with van der Waals surface area (Å²) in [5, 5.41) is 11.4. The topological polar surface area (TPSA) is 125 Å². The first-order chi connectivity index (χ1) is 18.0. The fourth-order valence-electron chi connectivity index (χ4n) is 4.45. The van der Waals surface area contributed by atoms with Gasteiger partial charge in [0.15, 0.2) is 0 Å². The van der Waals surface area contributed by atoms with Gasteiger partial charge in [-0.1, -0.05) is 48.0 Å². The number of carbonyl (C=O) groups excluding carboxylic acids is 2. The Labute approximate surface area is 216 Å². The first kappa shape index (κ1) is 25.1. The number of hydrogen-bond acceptors (Lipinski definition) is 5. The van der Waals surface area contributed by atoms with Gasteiger partial charge in [0.1, 0.15) is 0 Å². The van der Waals surface area contributed by atoms with Crippen LogP contribution in [0.5, 0.6) is 0 Å². The maximum absolute atomic E-state index is 13.6. The Balaban J connectivity index is 1.75. The van der Waals surface area contributed by atoms with Crippen LogP contribution in [-0.2, 0) is 21.8 Å². The van der Waals surface area contributed by atoms with Crippen molar-refractivity contribution in [3.05, 3.63) is 94.0 Å². The summed E-state index contributed by atoms with van der Waals surface area (Å²) in [7, 11) is 0. The summed E-state index contributed by atoms with van der Waals surface area (Å²) in [6.45, 7) is -0.260. The molecule has 1 aliphatic rings. The van der Waals surface area contributed by atoms with Crippen LogP contribution < -0.4 is 5.32 Å². The van der Waals surface area contributed by atoms with Gasteiger partial charge in [-0.15, -0.1) is 0 Å². The number of anilines is 1. The van der Waals surface area contributed by atoms with Crippen molar-refractivity contribution in [1.29, 1.82) is 0 Å². The van der Waals surface area contributed by atoms with Gasteiger partial charge in [0.2, 0.25) is 11.7 Å². The third-order valence-electron chi connectivity index (χ3n) is 5.95. The van der Waals surface area contributed by atoms with E-state index in [4.69, 9.17) is 21.4 Å². The van der Waals surface area contributed by atoms with E-state index in [0.717, 1.165) is 4.90 Å². The second-order valence-electron chi connectivity index (χ2n) is 8.35. The molecular formula is C25H16ClF3N4O5. The van der Waals surface area contributed by atoms with Crippen molar-refractivity contribution in [3.63, 3.8) is 0 Å². The number of esters is 1. The van der Waals surface area contributed by atoms with Crippen molar-refractivity contribution in [1.82, 2.24) is 14.9 Å².